The molecule has 0 aliphatic carbocycles. The summed E-state index contributed by atoms with van der Waals surface area (Å²) in [5.74, 6) is 0. The zero-order valence-corrected chi connectivity index (χ0v) is 11.2. The lowest BCUT2D eigenvalue weighted by Crippen LogP contribution is -1.74. The molecule has 92 valence electrons. The smallest absolute Gasteiger partial charge is 0.117 e. The number of benzene rings is 2. The van der Waals surface area contributed by atoms with Crippen LogP contribution in [0.25, 0.3) is 28.4 Å². The average molecular weight is 263 g/mol. The van der Waals surface area contributed by atoms with Crippen LogP contribution in [0.4, 0.5) is 0 Å². The third-order valence-corrected chi connectivity index (χ3v) is 3.90. The fraction of sp³-hybridized carbons (Fsp3) is 0. The van der Waals surface area contributed by atoms with Crippen LogP contribution in [0.15, 0.2) is 55.1 Å². The molecular formula is C17H13NS. The maximum atomic E-state index is 4.58. The van der Waals surface area contributed by atoms with Crippen molar-refractivity contribution >= 4 is 39.8 Å². The molecule has 0 bridgehead atoms. The van der Waals surface area contributed by atoms with Gasteiger partial charge in [-0.05, 0) is 29.3 Å². The second-order valence-corrected chi connectivity index (χ2v) is 5.29. The monoisotopic (exact) mass is 263 g/mol. The van der Waals surface area contributed by atoms with Crippen molar-refractivity contribution in [1.29, 1.82) is 0 Å². The predicted octanol–water partition coefficient (Wildman–Crippen LogP) is 5.11. The fourth-order valence-electron chi connectivity index (χ4n) is 1.87. The Morgan fingerprint density at radius 3 is 2.37 bits per heavy atom. The molecule has 0 fully saturated rings. The van der Waals surface area contributed by atoms with Gasteiger partial charge in [0.05, 0.1) is 10.2 Å². The van der Waals surface area contributed by atoms with Gasteiger partial charge in [-0.25, -0.2) is 4.98 Å². The Labute approximate surface area is 116 Å². The molecule has 2 aromatic carbocycles. The standard InChI is InChI=1S/C17H13NS/c1-2-13-7-9-14(10-8-13)11-12-17-18-15-5-3-4-6-16(15)19-17/h2-12H,1H2/b12-11+. The van der Waals surface area contributed by atoms with E-state index < -0.39 is 0 Å². The zero-order valence-electron chi connectivity index (χ0n) is 10.4. The normalized spacial score (nSPS) is 11.2. The van der Waals surface area contributed by atoms with Crippen molar-refractivity contribution in [2.45, 2.75) is 0 Å². The van der Waals surface area contributed by atoms with E-state index in [9.17, 15) is 0 Å². The highest BCUT2D eigenvalue weighted by Crippen LogP contribution is 2.23. The molecule has 1 aromatic heterocycles. The van der Waals surface area contributed by atoms with Crippen LogP contribution in [0.1, 0.15) is 16.1 Å². The molecule has 0 aliphatic rings. The van der Waals surface area contributed by atoms with Crippen LogP contribution in [0, 0.1) is 0 Å². The second-order valence-electron chi connectivity index (χ2n) is 4.22. The molecule has 19 heavy (non-hydrogen) atoms. The molecule has 0 saturated carbocycles. The van der Waals surface area contributed by atoms with Gasteiger partial charge in [0.2, 0.25) is 0 Å². The Morgan fingerprint density at radius 1 is 0.895 bits per heavy atom. The summed E-state index contributed by atoms with van der Waals surface area (Å²) < 4.78 is 1.23. The summed E-state index contributed by atoms with van der Waals surface area (Å²) in [6, 6.07) is 16.5. The highest BCUT2D eigenvalue weighted by molar-refractivity contribution is 7.19. The molecule has 0 amide bonds. The molecule has 0 unspecified atom stereocenters. The minimum Gasteiger partial charge on any atom is -0.237 e. The van der Waals surface area contributed by atoms with Crippen LogP contribution >= 0.6 is 11.3 Å². The number of rotatable bonds is 3. The molecule has 0 spiro atoms. The SMILES string of the molecule is C=Cc1ccc(/C=C/c2nc3ccccc3s2)cc1. The van der Waals surface area contributed by atoms with Crippen molar-refractivity contribution in [2.75, 3.05) is 0 Å². The van der Waals surface area contributed by atoms with Crippen LogP contribution in [0.2, 0.25) is 0 Å². The molecule has 0 N–H and O–H groups in total. The largest absolute Gasteiger partial charge is 0.237 e. The number of aromatic nitrogens is 1. The van der Waals surface area contributed by atoms with Crippen molar-refractivity contribution in [3.63, 3.8) is 0 Å². The Hall–Kier alpha value is -2.19. The van der Waals surface area contributed by atoms with Gasteiger partial charge in [0, 0.05) is 0 Å². The summed E-state index contributed by atoms with van der Waals surface area (Å²) in [5, 5.41) is 1.04. The minimum absolute atomic E-state index is 1.04. The van der Waals surface area contributed by atoms with E-state index in [1.54, 1.807) is 11.3 Å². The van der Waals surface area contributed by atoms with Crippen LogP contribution in [0.5, 0.6) is 0 Å². The van der Waals surface area contributed by atoms with E-state index in [0.717, 1.165) is 16.1 Å². The summed E-state index contributed by atoms with van der Waals surface area (Å²) >= 11 is 1.71. The number of hydrogen-bond donors (Lipinski definition) is 0. The lowest BCUT2D eigenvalue weighted by molar-refractivity contribution is 1.46. The summed E-state index contributed by atoms with van der Waals surface area (Å²) in [4.78, 5) is 4.58. The van der Waals surface area contributed by atoms with Crippen molar-refractivity contribution in [1.82, 2.24) is 4.98 Å². The number of fused-ring (bicyclic) bond motifs is 1. The highest BCUT2D eigenvalue weighted by atomic mass is 32.1. The quantitative estimate of drug-likeness (QED) is 0.640. The van der Waals surface area contributed by atoms with Crippen molar-refractivity contribution in [3.8, 4) is 0 Å². The van der Waals surface area contributed by atoms with E-state index in [2.05, 4.69) is 54.0 Å². The zero-order chi connectivity index (χ0) is 13.1. The minimum atomic E-state index is 1.04. The lowest BCUT2D eigenvalue weighted by Gasteiger charge is -1.94. The molecule has 0 aliphatic heterocycles. The van der Waals surface area contributed by atoms with Crippen molar-refractivity contribution in [3.05, 3.63) is 71.2 Å². The molecule has 1 heterocycles. The van der Waals surface area contributed by atoms with Gasteiger partial charge in [-0.2, -0.15) is 0 Å². The summed E-state index contributed by atoms with van der Waals surface area (Å²) in [7, 11) is 0. The van der Waals surface area contributed by atoms with Gasteiger partial charge < -0.3 is 0 Å². The van der Waals surface area contributed by atoms with Gasteiger partial charge >= 0.3 is 0 Å². The van der Waals surface area contributed by atoms with Gasteiger partial charge in [0.25, 0.3) is 0 Å². The Morgan fingerprint density at radius 2 is 1.63 bits per heavy atom. The van der Waals surface area contributed by atoms with Crippen LogP contribution in [0.3, 0.4) is 0 Å². The maximum absolute atomic E-state index is 4.58. The first-order valence-electron chi connectivity index (χ1n) is 6.11. The van der Waals surface area contributed by atoms with Gasteiger partial charge in [-0.3, -0.25) is 0 Å². The number of hydrogen-bond acceptors (Lipinski definition) is 2. The van der Waals surface area contributed by atoms with E-state index in [1.165, 1.54) is 10.3 Å². The molecule has 0 radical (unpaired) electrons. The molecule has 1 nitrogen and oxygen atoms in total. The van der Waals surface area contributed by atoms with Crippen LogP contribution in [-0.2, 0) is 0 Å². The molecule has 0 atom stereocenters. The molecule has 3 rings (SSSR count). The Bertz CT molecular complexity index is 702. The third-order valence-electron chi connectivity index (χ3n) is 2.90. The van der Waals surface area contributed by atoms with Crippen LogP contribution < -0.4 is 0 Å². The van der Waals surface area contributed by atoms with Crippen molar-refractivity contribution in [2.24, 2.45) is 0 Å². The molecule has 0 saturated heterocycles. The highest BCUT2D eigenvalue weighted by Gasteiger charge is 1.99. The van der Waals surface area contributed by atoms with E-state index in [0.29, 0.717) is 0 Å². The van der Waals surface area contributed by atoms with Gasteiger partial charge in [-0.15, -0.1) is 11.3 Å². The van der Waals surface area contributed by atoms with E-state index in [4.69, 9.17) is 0 Å². The van der Waals surface area contributed by atoms with E-state index >= 15 is 0 Å². The Kier molecular flexibility index (Phi) is 3.25. The Balaban J connectivity index is 1.86. The number of para-hydroxylation sites is 1. The van der Waals surface area contributed by atoms with E-state index in [1.807, 2.05) is 24.3 Å². The van der Waals surface area contributed by atoms with Gasteiger partial charge in [0.1, 0.15) is 5.01 Å². The number of thiazole rings is 1. The molecule has 2 heteroatoms. The lowest BCUT2D eigenvalue weighted by atomic mass is 10.1. The third kappa shape index (κ3) is 2.64. The summed E-state index contributed by atoms with van der Waals surface area (Å²) in [5.41, 5.74) is 3.37. The topological polar surface area (TPSA) is 12.9 Å². The fourth-order valence-corrected chi connectivity index (χ4v) is 2.74. The number of nitrogens with zero attached hydrogens (tertiary/aromatic N) is 1. The van der Waals surface area contributed by atoms with E-state index in [-0.39, 0.29) is 0 Å². The average Bonchev–Trinajstić information content (AvgIpc) is 2.88. The second kappa shape index (κ2) is 5.21. The van der Waals surface area contributed by atoms with Crippen LogP contribution in [-0.4, -0.2) is 4.98 Å². The first-order valence-corrected chi connectivity index (χ1v) is 6.93. The maximum Gasteiger partial charge on any atom is 0.117 e. The van der Waals surface area contributed by atoms with Gasteiger partial charge in [0.15, 0.2) is 0 Å². The van der Waals surface area contributed by atoms with Crippen molar-refractivity contribution < 1.29 is 0 Å². The first-order chi connectivity index (χ1) is 9.35. The predicted molar refractivity (Wildman–Crippen MR) is 85.1 cm³/mol. The van der Waals surface area contributed by atoms with Gasteiger partial charge in [-0.1, -0.05) is 55.1 Å². The first kappa shape index (κ1) is 11.9. The molecular weight excluding hydrogens is 250 g/mol. The molecule has 3 aromatic rings. The summed E-state index contributed by atoms with van der Waals surface area (Å²) in [6.45, 7) is 3.75. The summed E-state index contributed by atoms with van der Waals surface area (Å²) in [6.07, 6.45) is 6.00.